The highest BCUT2D eigenvalue weighted by Gasteiger charge is 2.01. The van der Waals surface area contributed by atoms with Gasteiger partial charge in [-0.15, -0.1) is 0 Å². The van der Waals surface area contributed by atoms with Crippen molar-refractivity contribution in [1.29, 1.82) is 0 Å². The zero-order valence-electron chi connectivity index (χ0n) is 8.39. The van der Waals surface area contributed by atoms with E-state index in [0.717, 1.165) is 24.2 Å². The number of hydrogen-bond acceptors (Lipinski definition) is 2. The maximum Gasteiger partial charge on any atom is 0.0778 e. The molecule has 1 rings (SSSR count). The molecule has 1 aromatic heterocycles. The van der Waals surface area contributed by atoms with Crippen LogP contribution >= 0.6 is 0 Å². The third-order valence-corrected chi connectivity index (χ3v) is 1.73. The Labute approximate surface area is 79.1 Å². The summed E-state index contributed by atoms with van der Waals surface area (Å²) in [4.78, 5) is 0. The minimum atomic E-state index is 0.720. The van der Waals surface area contributed by atoms with E-state index in [4.69, 9.17) is 0 Å². The average Bonchev–Trinajstić information content (AvgIpc) is 2.47. The molecule has 3 heteroatoms. The second-order valence-electron chi connectivity index (χ2n) is 2.85. The Morgan fingerprint density at radius 3 is 3.00 bits per heavy atom. The average molecular weight is 177 g/mol. The monoisotopic (exact) mass is 177 g/mol. The lowest BCUT2D eigenvalue weighted by molar-refractivity contribution is 0.746. The Morgan fingerprint density at radius 1 is 1.62 bits per heavy atom. The predicted molar refractivity (Wildman–Crippen MR) is 53.4 cm³/mol. The Balaban J connectivity index is 2.82. The summed E-state index contributed by atoms with van der Waals surface area (Å²) in [5, 5.41) is 7.28. The molecular weight excluding hydrogens is 162 g/mol. The molecule has 0 atom stereocenters. The molecule has 70 valence electrons. The van der Waals surface area contributed by atoms with Crippen LogP contribution in [0.2, 0.25) is 0 Å². The van der Waals surface area contributed by atoms with Crippen molar-refractivity contribution in [2.75, 3.05) is 13.6 Å². The zero-order valence-corrected chi connectivity index (χ0v) is 8.39. The fourth-order valence-corrected chi connectivity index (χ4v) is 1.13. The van der Waals surface area contributed by atoms with E-state index in [2.05, 4.69) is 29.2 Å². The van der Waals surface area contributed by atoms with E-state index in [1.54, 1.807) is 0 Å². The first-order valence-corrected chi connectivity index (χ1v) is 4.44. The third kappa shape index (κ3) is 2.60. The van der Waals surface area contributed by atoms with Crippen LogP contribution in [0.15, 0.2) is 6.20 Å². The highest BCUT2D eigenvalue weighted by molar-refractivity contribution is 5.36. The van der Waals surface area contributed by atoms with Crippen molar-refractivity contribution < 1.29 is 0 Å². The molecule has 1 aromatic rings. The van der Waals surface area contributed by atoms with Crippen LogP contribution in [0.5, 0.6) is 0 Å². The first kappa shape index (κ1) is 9.82. The highest BCUT2D eigenvalue weighted by Crippen LogP contribution is 2.04. The molecule has 0 aliphatic carbocycles. The molecule has 3 nitrogen and oxygen atoms in total. The van der Waals surface area contributed by atoms with Gasteiger partial charge in [0.1, 0.15) is 0 Å². The number of hydrogen-bond donors (Lipinski definition) is 1. The fraction of sp³-hybridized carbons (Fsp3) is 0.500. The number of rotatable bonds is 2. The summed E-state index contributed by atoms with van der Waals surface area (Å²) in [6.07, 6.45) is 2.89. The van der Waals surface area contributed by atoms with Crippen LogP contribution in [0.25, 0.3) is 0 Å². The first-order chi connectivity index (χ1) is 6.27. The first-order valence-electron chi connectivity index (χ1n) is 4.44. The van der Waals surface area contributed by atoms with Crippen LogP contribution in [0.4, 0.5) is 0 Å². The van der Waals surface area contributed by atoms with Gasteiger partial charge in [-0.05, 0) is 13.5 Å². The third-order valence-electron chi connectivity index (χ3n) is 1.73. The van der Waals surface area contributed by atoms with Crippen molar-refractivity contribution in [2.24, 2.45) is 7.05 Å². The van der Waals surface area contributed by atoms with Crippen molar-refractivity contribution in [1.82, 2.24) is 15.1 Å². The lowest BCUT2D eigenvalue weighted by atomic mass is 10.2. The van der Waals surface area contributed by atoms with Gasteiger partial charge in [0, 0.05) is 13.2 Å². The fourth-order valence-electron chi connectivity index (χ4n) is 1.13. The van der Waals surface area contributed by atoms with Gasteiger partial charge in [-0.1, -0.05) is 18.8 Å². The molecule has 0 saturated carbocycles. The molecule has 1 N–H and O–H groups in total. The number of nitrogens with zero attached hydrogens (tertiary/aromatic N) is 2. The zero-order chi connectivity index (χ0) is 9.68. The normalized spacial score (nSPS) is 9.46. The van der Waals surface area contributed by atoms with E-state index >= 15 is 0 Å². The SMILES string of the molecule is CCc1nn(C)cc1C#CCNC. The van der Waals surface area contributed by atoms with Crippen molar-refractivity contribution >= 4 is 0 Å². The van der Waals surface area contributed by atoms with Gasteiger partial charge >= 0.3 is 0 Å². The molecule has 0 amide bonds. The second kappa shape index (κ2) is 4.68. The standard InChI is InChI=1S/C10H15N3/c1-4-10-9(6-5-7-11-2)8-13(3)12-10/h8,11H,4,7H2,1-3H3. The summed E-state index contributed by atoms with van der Waals surface area (Å²) >= 11 is 0. The highest BCUT2D eigenvalue weighted by atomic mass is 15.2. The second-order valence-corrected chi connectivity index (χ2v) is 2.85. The van der Waals surface area contributed by atoms with Gasteiger partial charge in [-0.25, -0.2) is 0 Å². The molecule has 1 heterocycles. The van der Waals surface area contributed by atoms with Gasteiger partial charge in [0.2, 0.25) is 0 Å². The van der Waals surface area contributed by atoms with E-state index < -0.39 is 0 Å². The molecular formula is C10H15N3. The van der Waals surface area contributed by atoms with Crippen LogP contribution in [-0.4, -0.2) is 23.4 Å². The van der Waals surface area contributed by atoms with Gasteiger partial charge in [0.25, 0.3) is 0 Å². The lowest BCUT2D eigenvalue weighted by Gasteiger charge is -1.87. The summed E-state index contributed by atoms with van der Waals surface area (Å²) in [6.45, 7) is 2.81. The maximum atomic E-state index is 4.30. The van der Waals surface area contributed by atoms with Gasteiger partial charge in [0.15, 0.2) is 0 Å². The van der Waals surface area contributed by atoms with Crippen LogP contribution < -0.4 is 5.32 Å². The number of aromatic nitrogens is 2. The molecule has 0 aliphatic heterocycles. The molecule has 0 aromatic carbocycles. The van der Waals surface area contributed by atoms with Gasteiger partial charge < -0.3 is 5.32 Å². The van der Waals surface area contributed by atoms with Crippen molar-refractivity contribution in [3.05, 3.63) is 17.5 Å². The lowest BCUT2D eigenvalue weighted by Crippen LogP contribution is -2.04. The van der Waals surface area contributed by atoms with Crippen LogP contribution in [-0.2, 0) is 13.5 Å². The van der Waals surface area contributed by atoms with Crippen molar-refractivity contribution in [2.45, 2.75) is 13.3 Å². The Hall–Kier alpha value is -1.27. The summed E-state index contributed by atoms with van der Waals surface area (Å²) < 4.78 is 1.81. The van der Waals surface area contributed by atoms with Crippen LogP contribution in [0, 0.1) is 11.8 Å². The minimum Gasteiger partial charge on any atom is -0.309 e. The van der Waals surface area contributed by atoms with E-state index in [-0.39, 0.29) is 0 Å². The quantitative estimate of drug-likeness (QED) is 0.669. The Morgan fingerprint density at radius 2 is 2.38 bits per heavy atom. The molecule has 0 bridgehead atoms. The summed E-state index contributed by atoms with van der Waals surface area (Å²) in [6, 6.07) is 0. The smallest absolute Gasteiger partial charge is 0.0778 e. The summed E-state index contributed by atoms with van der Waals surface area (Å²) in [5.41, 5.74) is 2.12. The molecule has 0 aliphatic rings. The minimum absolute atomic E-state index is 0.720. The van der Waals surface area contributed by atoms with E-state index in [9.17, 15) is 0 Å². The Kier molecular flexibility index (Phi) is 3.53. The van der Waals surface area contributed by atoms with Gasteiger partial charge in [-0.3, -0.25) is 4.68 Å². The summed E-state index contributed by atoms with van der Waals surface area (Å²) in [7, 11) is 3.81. The number of aryl methyl sites for hydroxylation is 2. The molecule has 0 saturated heterocycles. The van der Waals surface area contributed by atoms with E-state index in [1.165, 1.54) is 0 Å². The molecule has 0 spiro atoms. The van der Waals surface area contributed by atoms with Crippen molar-refractivity contribution in [3.8, 4) is 11.8 Å². The molecule has 13 heavy (non-hydrogen) atoms. The molecule has 0 radical (unpaired) electrons. The number of nitrogens with one attached hydrogen (secondary N) is 1. The summed E-state index contributed by atoms with van der Waals surface area (Å²) in [5.74, 6) is 6.12. The van der Waals surface area contributed by atoms with Crippen molar-refractivity contribution in [3.63, 3.8) is 0 Å². The predicted octanol–water partition coefficient (Wildman–Crippen LogP) is 0.553. The largest absolute Gasteiger partial charge is 0.309 e. The van der Waals surface area contributed by atoms with E-state index in [0.29, 0.717) is 0 Å². The van der Waals surface area contributed by atoms with Crippen LogP contribution in [0.1, 0.15) is 18.2 Å². The molecule has 0 fully saturated rings. The molecule has 0 unspecified atom stereocenters. The maximum absolute atomic E-state index is 4.30. The topological polar surface area (TPSA) is 29.9 Å². The van der Waals surface area contributed by atoms with Gasteiger partial charge in [-0.2, -0.15) is 5.10 Å². The van der Waals surface area contributed by atoms with E-state index in [1.807, 2.05) is 25.0 Å². The van der Waals surface area contributed by atoms with Gasteiger partial charge in [0.05, 0.1) is 17.8 Å². The van der Waals surface area contributed by atoms with Crippen LogP contribution in [0.3, 0.4) is 0 Å². The Bertz CT molecular complexity index is 328.